The van der Waals surface area contributed by atoms with Gasteiger partial charge in [0, 0.05) is 12.4 Å². The summed E-state index contributed by atoms with van der Waals surface area (Å²) in [6.07, 6.45) is 2.79. The predicted octanol–water partition coefficient (Wildman–Crippen LogP) is 2.31. The van der Waals surface area contributed by atoms with Crippen LogP contribution in [0.3, 0.4) is 0 Å². The van der Waals surface area contributed by atoms with E-state index in [1.807, 2.05) is 0 Å². The van der Waals surface area contributed by atoms with Gasteiger partial charge in [0.1, 0.15) is 22.5 Å². The van der Waals surface area contributed by atoms with Crippen LogP contribution in [0.25, 0.3) is 21.9 Å². The normalized spacial score (nSPS) is 11.4. The zero-order valence-electron chi connectivity index (χ0n) is 8.28. The van der Waals surface area contributed by atoms with Crippen molar-refractivity contribution >= 4 is 33.5 Å². The topological polar surface area (TPSA) is 43.6 Å². The van der Waals surface area contributed by atoms with Gasteiger partial charge in [0.15, 0.2) is 5.82 Å². The molecular formula is C10H6ClFN4. The van der Waals surface area contributed by atoms with E-state index in [-0.39, 0.29) is 10.7 Å². The van der Waals surface area contributed by atoms with Crippen molar-refractivity contribution in [2.45, 2.75) is 0 Å². The van der Waals surface area contributed by atoms with Crippen LogP contribution in [0.1, 0.15) is 0 Å². The molecule has 0 radical (unpaired) electrons. The van der Waals surface area contributed by atoms with E-state index in [0.29, 0.717) is 16.4 Å². The number of aromatic nitrogens is 4. The van der Waals surface area contributed by atoms with Crippen molar-refractivity contribution < 1.29 is 4.39 Å². The van der Waals surface area contributed by atoms with E-state index in [4.69, 9.17) is 11.6 Å². The number of imidazole rings is 1. The molecule has 3 aromatic rings. The molecule has 0 spiro atoms. The largest absolute Gasteiger partial charge is 0.334 e. The van der Waals surface area contributed by atoms with Crippen molar-refractivity contribution in [2.75, 3.05) is 0 Å². The molecular weight excluding hydrogens is 231 g/mol. The summed E-state index contributed by atoms with van der Waals surface area (Å²) in [4.78, 5) is 11.7. The van der Waals surface area contributed by atoms with Crippen LogP contribution < -0.4 is 0 Å². The van der Waals surface area contributed by atoms with E-state index in [1.165, 1.54) is 6.33 Å². The van der Waals surface area contributed by atoms with Crippen LogP contribution in [-0.2, 0) is 7.05 Å². The molecule has 3 rings (SSSR count). The Labute approximate surface area is 94.7 Å². The monoisotopic (exact) mass is 236 g/mol. The van der Waals surface area contributed by atoms with Gasteiger partial charge in [-0.25, -0.2) is 19.3 Å². The lowest BCUT2D eigenvalue weighted by Crippen LogP contribution is -1.91. The lowest BCUT2D eigenvalue weighted by Gasteiger charge is -2.02. The molecule has 0 unspecified atom stereocenters. The van der Waals surface area contributed by atoms with E-state index in [2.05, 4.69) is 15.0 Å². The molecule has 4 nitrogen and oxygen atoms in total. The molecule has 0 bridgehead atoms. The summed E-state index contributed by atoms with van der Waals surface area (Å²) in [6.45, 7) is 0. The Hall–Kier alpha value is -1.75. The minimum absolute atomic E-state index is 0.200. The number of hydrogen-bond donors (Lipinski definition) is 0. The molecule has 0 aliphatic heterocycles. The Bertz CT molecular complexity index is 707. The molecule has 1 aromatic carbocycles. The van der Waals surface area contributed by atoms with Crippen molar-refractivity contribution in [1.82, 2.24) is 19.5 Å². The highest BCUT2D eigenvalue weighted by atomic mass is 35.5. The predicted molar refractivity (Wildman–Crippen MR) is 58.8 cm³/mol. The minimum atomic E-state index is -0.461. The van der Waals surface area contributed by atoms with Crippen molar-refractivity contribution in [1.29, 1.82) is 0 Å². The fourth-order valence-electron chi connectivity index (χ4n) is 1.70. The van der Waals surface area contributed by atoms with E-state index < -0.39 is 5.82 Å². The maximum Gasteiger partial charge on any atom is 0.177 e. The summed E-state index contributed by atoms with van der Waals surface area (Å²) >= 11 is 5.90. The third-order valence-corrected chi connectivity index (χ3v) is 2.82. The van der Waals surface area contributed by atoms with Gasteiger partial charge >= 0.3 is 0 Å². The van der Waals surface area contributed by atoms with Crippen molar-refractivity contribution in [3.8, 4) is 0 Å². The van der Waals surface area contributed by atoms with Gasteiger partial charge in [-0.3, -0.25) is 0 Å². The van der Waals surface area contributed by atoms with E-state index in [1.54, 1.807) is 24.0 Å². The maximum absolute atomic E-state index is 14.0. The van der Waals surface area contributed by atoms with Gasteiger partial charge in [0.25, 0.3) is 0 Å². The third-order valence-electron chi connectivity index (χ3n) is 2.51. The van der Waals surface area contributed by atoms with Gasteiger partial charge < -0.3 is 4.57 Å². The Kier molecular flexibility index (Phi) is 1.85. The molecule has 2 aromatic heterocycles. The zero-order valence-corrected chi connectivity index (χ0v) is 9.03. The van der Waals surface area contributed by atoms with Crippen LogP contribution in [0.2, 0.25) is 5.15 Å². The first-order valence-corrected chi connectivity index (χ1v) is 4.96. The van der Waals surface area contributed by atoms with E-state index in [0.717, 1.165) is 0 Å². The Morgan fingerprint density at radius 2 is 2.06 bits per heavy atom. The lowest BCUT2D eigenvalue weighted by molar-refractivity contribution is 0.645. The van der Waals surface area contributed by atoms with E-state index >= 15 is 0 Å². The van der Waals surface area contributed by atoms with Gasteiger partial charge in [-0.15, -0.1) is 0 Å². The first-order valence-electron chi connectivity index (χ1n) is 4.58. The highest BCUT2D eigenvalue weighted by molar-refractivity contribution is 6.34. The lowest BCUT2D eigenvalue weighted by atomic mass is 10.2. The van der Waals surface area contributed by atoms with Gasteiger partial charge in [0.2, 0.25) is 0 Å². The molecule has 0 saturated heterocycles. The van der Waals surface area contributed by atoms with Crippen molar-refractivity contribution in [3.63, 3.8) is 0 Å². The number of rotatable bonds is 0. The molecule has 16 heavy (non-hydrogen) atoms. The van der Waals surface area contributed by atoms with Gasteiger partial charge in [-0.2, -0.15) is 0 Å². The van der Waals surface area contributed by atoms with Gasteiger partial charge in [-0.05, 0) is 6.07 Å². The van der Waals surface area contributed by atoms with Gasteiger partial charge in [-0.1, -0.05) is 11.6 Å². The average molecular weight is 237 g/mol. The smallest absolute Gasteiger partial charge is 0.177 e. The van der Waals surface area contributed by atoms with Crippen molar-refractivity contribution in [3.05, 3.63) is 29.7 Å². The SMILES string of the molecule is Cn1cnc2c(F)c3ncnc(Cl)c3cc21. The molecule has 6 heteroatoms. The third kappa shape index (κ3) is 1.12. The molecule has 0 aliphatic carbocycles. The average Bonchev–Trinajstić information content (AvgIpc) is 2.63. The first-order chi connectivity index (χ1) is 7.68. The maximum atomic E-state index is 14.0. The highest BCUT2D eigenvalue weighted by Gasteiger charge is 2.14. The summed E-state index contributed by atoms with van der Waals surface area (Å²) in [5.74, 6) is -0.461. The summed E-state index contributed by atoms with van der Waals surface area (Å²) in [5, 5.41) is 0.741. The molecule has 0 saturated carbocycles. The summed E-state index contributed by atoms with van der Waals surface area (Å²) in [7, 11) is 1.79. The van der Waals surface area contributed by atoms with Crippen LogP contribution in [0.5, 0.6) is 0 Å². The molecule has 0 N–H and O–H groups in total. The highest BCUT2D eigenvalue weighted by Crippen LogP contribution is 2.27. The van der Waals surface area contributed by atoms with Crippen LogP contribution in [-0.4, -0.2) is 19.5 Å². The van der Waals surface area contributed by atoms with Crippen LogP contribution in [0, 0.1) is 5.82 Å². The quantitative estimate of drug-likeness (QED) is 0.563. The molecule has 0 aliphatic rings. The van der Waals surface area contributed by atoms with Crippen molar-refractivity contribution in [2.24, 2.45) is 7.05 Å². The summed E-state index contributed by atoms with van der Waals surface area (Å²) < 4.78 is 15.8. The molecule has 80 valence electrons. The fourth-order valence-corrected chi connectivity index (χ4v) is 1.89. The van der Waals surface area contributed by atoms with Crippen LogP contribution in [0.15, 0.2) is 18.7 Å². The number of halogens is 2. The van der Waals surface area contributed by atoms with Crippen LogP contribution in [0.4, 0.5) is 4.39 Å². The number of fused-ring (bicyclic) bond motifs is 2. The zero-order chi connectivity index (χ0) is 11.3. The number of nitrogens with zero attached hydrogens (tertiary/aromatic N) is 4. The molecule has 0 fully saturated rings. The second kappa shape index (κ2) is 3.12. The number of hydrogen-bond acceptors (Lipinski definition) is 3. The van der Waals surface area contributed by atoms with Crippen LogP contribution >= 0.6 is 11.6 Å². The number of aryl methyl sites for hydroxylation is 1. The second-order valence-corrected chi connectivity index (χ2v) is 3.83. The Morgan fingerprint density at radius 1 is 1.25 bits per heavy atom. The Balaban J connectivity index is 2.63. The van der Waals surface area contributed by atoms with Gasteiger partial charge in [0.05, 0.1) is 11.8 Å². The molecule has 2 heterocycles. The minimum Gasteiger partial charge on any atom is -0.334 e. The number of benzene rings is 1. The fraction of sp³-hybridized carbons (Fsp3) is 0.100. The Morgan fingerprint density at radius 3 is 2.88 bits per heavy atom. The summed E-state index contributed by atoms with van der Waals surface area (Å²) in [6, 6.07) is 1.74. The second-order valence-electron chi connectivity index (χ2n) is 3.47. The summed E-state index contributed by atoms with van der Waals surface area (Å²) in [5.41, 5.74) is 1.16. The van der Waals surface area contributed by atoms with E-state index in [9.17, 15) is 4.39 Å². The first kappa shape index (κ1) is 9.47. The molecule has 0 amide bonds. The molecule has 0 atom stereocenters. The standard InChI is InChI=1S/C10H6ClFN4/c1-16-4-15-9-6(16)2-5-8(7(9)12)13-3-14-10(5)11/h2-4H,1H3.